The molecule has 0 aliphatic carbocycles. The normalized spacial score (nSPS) is 11.0. The third-order valence-electron chi connectivity index (χ3n) is 6.23. The van der Waals surface area contributed by atoms with Crippen molar-refractivity contribution in [3.63, 3.8) is 0 Å². The SMILES string of the molecule is Cc1cccc(CSc2nc3cc(C(=O)N(C)Cc4ccccc4)ccc3c(=O)n2-c2ccc(F)cc2)c1. The van der Waals surface area contributed by atoms with Crippen LogP contribution >= 0.6 is 11.8 Å². The lowest BCUT2D eigenvalue weighted by molar-refractivity contribution is 0.0785. The zero-order valence-corrected chi connectivity index (χ0v) is 21.9. The van der Waals surface area contributed by atoms with Crippen LogP contribution in [0.25, 0.3) is 16.6 Å². The Labute approximate surface area is 224 Å². The lowest BCUT2D eigenvalue weighted by atomic mass is 10.1. The minimum Gasteiger partial charge on any atom is -0.337 e. The summed E-state index contributed by atoms with van der Waals surface area (Å²) < 4.78 is 15.1. The number of carbonyl (C=O) groups is 1. The van der Waals surface area contributed by atoms with Crippen LogP contribution in [0.4, 0.5) is 4.39 Å². The van der Waals surface area contributed by atoms with Gasteiger partial charge in [0.1, 0.15) is 5.82 Å². The van der Waals surface area contributed by atoms with Crippen molar-refractivity contribution < 1.29 is 9.18 Å². The van der Waals surface area contributed by atoms with Gasteiger partial charge in [0, 0.05) is 24.9 Å². The van der Waals surface area contributed by atoms with Gasteiger partial charge in [-0.25, -0.2) is 9.37 Å². The van der Waals surface area contributed by atoms with E-state index in [2.05, 4.69) is 6.07 Å². The number of carbonyl (C=O) groups excluding carboxylic acids is 1. The minimum atomic E-state index is -0.382. The molecule has 0 fully saturated rings. The predicted octanol–water partition coefficient (Wildman–Crippen LogP) is 6.40. The Morgan fingerprint density at radius 1 is 0.921 bits per heavy atom. The molecule has 4 aromatic carbocycles. The predicted molar refractivity (Wildman–Crippen MR) is 150 cm³/mol. The lowest BCUT2D eigenvalue weighted by Crippen LogP contribution is -2.26. The molecule has 5 rings (SSSR count). The first kappa shape index (κ1) is 25.4. The summed E-state index contributed by atoms with van der Waals surface area (Å²) in [6.07, 6.45) is 0. The van der Waals surface area contributed by atoms with E-state index in [1.807, 2.05) is 55.5 Å². The standard InChI is InChI=1S/C31H26FN3O2S/c1-21-7-6-10-23(17-21)20-38-31-33-28-18-24(29(36)34(2)19-22-8-4-3-5-9-22)11-16-27(28)30(37)35(31)26-14-12-25(32)13-15-26/h3-18H,19-20H2,1-2H3. The number of halogens is 1. The Balaban J connectivity index is 1.54. The Hall–Kier alpha value is -4.23. The van der Waals surface area contributed by atoms with Crippen LogP contribution in [0.1, 0.15) is 27.0 Å². The summed E-state index contributed by atoms with van der Waals surface area (Å²) in [4.78, 5) is 33.3. The molecule has 0 saturated carbocycles. The maximum absolute atomic E-state index is 13.7. The second-order valence-electron chi connectivity index (χ2n) is 9.17. The van der Waals surface area contributed by atoms with Gasteiger partial charge in [0.25, 0.3) is 11.5 Å². The van der Waals surface area contributed by atoms with Gasteiger partial charge in [-0.3, -0.25) is 14.2 Å². The van der Waals surface area contributed by atoms with E-state index in [9.17, 15) is 14.0 Å². The Bertz CT molecular complexity index is 1670. The first-order valence-electron chi connectivity index (χ1n) is 12.2. The molecule has 38 heavy (non-hydrogen) atoms. The van der Waals surface area contributed by atoms with Gasteiger partial charge < -0.3 is 4.90 Å². The number of rotatable bonds is 7. The topological polar surface area (TPSA) is 55.2 Å². The molecule has 0 atom stereocenters. The second kappa shape index (κ2) is 11.0. The van der Waals surface area contributed by atoms with Gasteiger partial charge in [-0.2, -0.15) is 0 Å². The molecule has 7 heteroatoms. The summed E-state index contributed by atoms with van der Waals surface area (Å²) in [5, 5.41) is 0.856. The Morgan fingerprint density at radius 3 is 2.39 bits per heavy atom. The van der Waals surface area contributed by atoms with Crippen molar-refractivity contribution in [2.45, 2.75) is 24.4 Å². The molecule has 5 aromatic rings. The van der Waals surface area contributed by atoms with Gasteiger partial charge >= 0.3 is 0 Å². The fourth-order valence-electron chi connectivity index (χ4n) is 4.31. The largest absolute Gasteiger partial charge is 0.337 e. The van der Waals surface area contributed by atoms with Gasteiger partial charge in [0.2, 0.25) is 0 Å². The van der Waals surface area contributed by atoms with Crippen molar-refractivity contribution in [2.75, 3.05) is 7.05 Å². The fourth-order valence-corrected chi connectivity index (χ4v) is 5.27. The van der Waals surface area contributed by atoms with Gasteiger partial charge in [0.05, 0.1) is 16.6 Å². The summed E-state index contributed by atoms with van der Waals surface area (Å²) in [6.45, 7) is 2.50. The number of aryl methyl sites for hydroxylation is 1. The van der Waals surface area contributed by atoms with Crippen molar-refractivity contribution >= 4 is 28.6 Å². The third kappa shape index (κ3) is 5.53. The molecule has 5 nitrogen and oxygen atoms in total. The van der Waals surface area contributed by atoms with Crippen LogP contribution in [0.5, 0.6) is 0 Å². The maximum Gasteiger partial charge on any atom is 0.266 e. The number of hydrogen-bond donors (Lipinski definition) is 0. The molecule has 1 aromatic heterocycles. The molecule has 0 saturated heterocycles. The summed E-state index contributed by atoms with van der Waals surface area (Å²) in [5.41, 5.74) is 4.43. The van der Waals surface area contributed by atoms with E-state index < -0.39 is 0 Å². The molecule has 190 valence electrons. The molecule has 0 spiro atoms. The number of nitrogens with zero attached hydrogens (tertiary/aromatic N) is 3. The van der Waals surface area contributed by atoms with Gasteiger partial charge in [0.15, 0.2) is 5.16 Å². The van der Waals surface area contributed by atoms with E-state index in [4.69, 9.17) is 4.98 Å². The van der Waals surface area contributed by atoms with Crippen molar-refractivity contribution in [1.29, 1.82) is 0 Å². The van der Waals surface area contributed by atoms with Crippen LogP contribution in [0.3, 0.4) is 0 Å². The van der Waals surface area contributed by atoms with Crippen molar-refractivity contribution in [1.82, 2.24) is 14.5 Å². The fraction of sp³-hybridized carbons (Fsp3) is 0.129. The summed E-state index contributed by atoms with van der Waals surface area (Å²) in [7, 11) is 1.75. The quantitative estimate of drug-likeness (QED) is 0.183. The van der Waals surface area contributed by atoms with E-state index in [0.29, 0.717) is 39.6 Å². The maximum atomic E-state index is 13.7. The molecule has 0 radical (unpaired) electrons. The van der Waals surface area contributed by atoms with Crippen LogP contribution < -0.4 is 5.56 Å². The number of thioether (sulfide) groups is 1. The van der Waals surface area contributed by atoms with Crippen molar-refractivity contribution in [3.8, 4) is 5.69 Å². The highest BCUT2D eigenvalue weighted by Crippen LogP contribution is 2.26. The number of benzene rings is 4. The molecule has 0 aliphatic heterocycles. The second-order valence-corrected chi connectivity index (χ2v) is 10.1. The zero-order chi connectivity index (χ0) is 26.6. The van der Waals surface area contributed by atoms with Crippen molar-refractivity contribution in [2.24, 2.45) is 0 Å². The third-order valence-corrected chi connectivity index (χ3v) is 7.24. The molecule has 1 heterocycles. The molecule has 0 unspecified atom stereocenters. The van der Waals surface area contributed by atoms with Crippen LogP contribution in [0.2, 0.25) is 0 Å². The first-order chi connectivity index (χ1) is 18.4. The van der Waals surface area contributed by atoms with Crippen LogP contribution in [-0.2, 0) is 12.3 Å². The number of amides is 1. The summed E-state index contributed by atoms with van der Waals surface area (Å²) >= 11 is 1.42. The number of aromatic nitrogens is 2. The van der Waals surface area contributed by atoms with E-state index in [1.54, 1.807) is 42.3 Å². The summed E-state index contributed by atoms with van der Waals surface area (Å²) in [6, 6.07) is 28.7. The monoisotopic (exact) mass is 523 g/mol. The van der Waals surface area contributed by atoms with E-state index in [-0.39, 0.29) is 17.3 Å². The zero-order valence-electron chi connectivity index (χ0n) is 21.1. The van der Waals surface area contributed by atoms with E-state index >= 15 is 0 Å². The van der Waals surface area contributed by atoms with Gasteiger partial charge in [-0.1, -0.05) is 71.9 Å². The Kier molecular flexibility index (Phi) is 7.38. The highest BCUT2D eigenvalue weighted by Gasteiger charge is 2.18. The number of fused-ring (bicyclic) bond motifs is 1. The van der Waals surface area contributed by atoms with E-state index in [0.717, 1.165) is 16.7 Å². The molecular weight excluding hydrogens is 497 g/mol. The molecule has 1 amide bonds. The van der Waals surface area contributed by atoms with Crippen molar-refractivity contribution in [3.05, 3.63) is 135 Å². The average molecular weight is 524 g/mol. The average Bonchev–Trinajstić information content (AvgIpc) is 2.92. The smallest absolute Gasteiger partial charge is 0.266 e. The first-order valence-corrected chi connectivity index (χ1v) is 13.2. The van der Waals surface area contributed by atoms with E-state index in [1.165, 1.54) is 28.5 Å². The van der Waals surface area contributed by atoms with Crippen LogP contribution in [0.15, 0.2) is 107 Å². The lowest BCUT2D eigenvalue weighted by Gasteiger charge is -2.18. The molecule has 0 N–H and O–H groups in total. The Morgan fingerprint density at radius 2 is 1.66 bits per heavy atom. The van der Waals surface area contributed by atoms with Gasteiger partial charge in [-0.05, 0) is 60.5 Å². The molecular formula is C31H26FN3O2S. The van der Waals surface area contributed by atoms with Crippen LogP contribution in [0, 0.1) is 12.7 Å². The minimum absolute atomic E-state index is 0.158. The molecule has 0 bridgehead atoms. The summed E-state index contributed by atoms with van der Waals surface area (Å²) in [5.74, 6) is 0.0562. The van der Waals surface area contributed by atoms with Gasteiger partial charge in [-0.15, -0.1) is 0 Å². The van der Waals surface area contributed by atoms with Crippen LogP contribution in [-0.4, -0.2) is 27.4 Å². The number of hydrogen-bond acceptors (Lipinski definition) is 4. The molecule has 0 aliphatic rings. The highest BCUT2D eigenvalue weighted by atomic mass is 32.2. The highest BCUT2D eigenvalue weighted by molar-refractivity contribution is 7.98.